The fourth-order valence-electron chi connectivity index (χ4n) is 4.75. The lowest BCUT2D eigenvalue weighted by Gasteiger charge is -2.39. The lowest BCUT2D eigenvalue weighted by molar-refractivity contribution is -0.142. The molecule has 0 bridgehead atoms. The van der Waals surface area contributed by atoms with Crippen molar-refractivity contribution < 1.29 is 42.3 Å². The van der Waals surface area contributed by atoms with E-state index in [0.717, 1.165) is 4.90 Å². The Morgan fingerprint density at radius 1 is 1.02 bits per heavy atom. The summed E-state index contributed by atoms with van der Waals surface area (Å²) in [5, 5.41) is 13.0. The van der Waals surface area contributed by atoms with Crippen LogP contribution in [0.3, 0.4) is 0 Å². The summed E-state index contributed by atoms with van der Waals surface area (Å²) in [5.74, 6) is -3.90. The molecule has 1 saturated heterocycles. The fraction of sp³-hybridized carbons (Fsp3) is 0.258. The molecule has 0 spiro atoms. The third-order valence-corrected chi connectivity index (χ3v) is 10.1. The van der Waals surface area contributed by atoms with Crippen molar-refractivity contribution in [2.75, 3.05) is 12.0 Å². The number of imide groups is 2. The number of thioether (sulfide) groups is 1. The van der Waals surface area contributed by atoms with Crippen LogP contribution in [0.5, 0.6) is 0 Å². The Morgan fingerprint density at radius 2 is 1.67 bits per heavy atom. The van der Waals surface area contributed by atoms with Crippen LogP contribution in [-0.2, 0) is 26.0 Å². The molecule has 1 aromatic heterocycles. The third kappa shape index (κ3) is 7.15. The van der Waals surface area contributed by atoms with E-state index in [1.165, 1.54) is 66.1 Å². The molecule has 3 heterocycles. The van der Waals surface area contributed by atoms with Crippen LogP contribution in [-0.4, -0.2) is 76.5 Å². The van der Waals surface area contributed by atoms with Crippen molar-refractivity contribution in [1.82, 2.24) is 20.5 Å². The second-order valence-corrected chi connectivity index (χ2v) is 13.7. The summed E-state index contributed by atoms with van der Waals surface area (Å²) in [4.78, 5) is 78.8. The van der Waals surface area contributed by atoms with Crippen molar-refractivity contribution >= 4 is 57.1 Å². The Morgan fingerprint density at radius 3 is 2.24 bits per heavy atom. The van der Waals surface area contributed by atoms with E-state index in [9.17, 15) is 37.2 Å². The number of hydrogen-bond donors (Lipinski definition) is 3. The van der Waals surface area contributed by atoms with Crippen molar-refractivity contribution in [3.05, 3.63) is 88.7 Å². The summed E-state index contributed by atoms with van der Waals surface area (Å²) in [6.45, 7) is 3.27. The number of amides is 5. The summed E-state index contributed by atoms with van der Waals surface area (Å²) in [6, 6.07) is 12.9. The number of piperidine rings is 1. The molecule has 15 heteroatoms. The van der Waals surface area contributed by atoms with Gasteiger partial charge in [-0.3, -0.25) is 34.6 Å². The van der Waals surface area contributed by atoms with Crippen molar-refractivity contribution in [2.45, 2.75) is 48.6 Å². The Kier molecular flexibility index (Phi) is 10.1. The second kappa shape index (κ2) is 13.6. The molecular weight excluding hydrogens is 636 g/mol. The number of nitrogens with one attached hydrogen (secondary N) is 2. The zero-order valence-electron chi connectivity index (χ0n) is 25.0. The highest BCUT2D eigenvalue weighted by Crippen LogP contribution is 2.34. The first-order valence-corrected chi connectivity index (χ1v) is 16.8. The summed E-state index contributed by atoms with van der Waals surface area (Å²) in [6.07, 6.45) is 3.77. The Hall–Kier alpha value is -4.89. The second-order valence-electron chi connectivity index (χ2n) is 10.5. The lowest BCUT2D eigenvalue weighted by atomic mass is 9.89. The van der Waals surface area contributed by atoms with E-state index in [-0.39, 0.29) is 58.3 Å². The number of sulfone groups is 1. The van der Waals surface area contributed by atoms with Crippen LogP contribution in [0.25, 0.3) is 0 Å². The summed E-state index contributed by atoms with van der Waals surface area (Å²) < 4.78 is 23.8. The van der Waals surface area contributed by atoms with E-state index in [1.54, 1.807) is 25.3 Å². The average Bonchev–Trinajstić information content (AvgIpc) is 3.39. The molecule has 3 N–H and O–H groups in total. The molecule has 1 unspecified atom stereocenters. The number of carboxylic acids is 1. The normalized spacial score (nSPS) is 17.4. The van der Waals surface area contributed by atoms with Gasteiger partial charge in [-0.25, -0.2) is 18.2 Å². The first-order valence-electron chi connectivity index (χ1n) is 13.9. The van der Waals surface area contributed by atoms with Crippen LogP contribution in [0.15, 0.2) is 70.6 Å². The van der Waals surface area contributed by atoms with Crippen molar-refractivity contribution in [3.8, 4) is 0 Å². The number of nitrogens with zero attached hydrogens (tertiary/aromatic N) is 2. The topological polar surface area (TPSA) is 197 Å². The quantitative estimate of drug-likeness (QED) is 0.248. The molecule has 0 radical (unpaired) electrons. The minimum Gasteiger partial charge on any atom is -0.477 e. The molecule has 3 aromatic rings. The summed E-state index contributed by atoms with van der Waals surface area (Å²) in [5.41, 5.74) is -0.0715. The number of rotatable bonds is 7. The molecule has 1 atom stereocenters. The third-order valence-electron chi connectivity index (χ3n) is 7.63. The molecule has 2 aromatic carbocycles. The number of carbonyl (C=O) groups is 6. The van der Waals surface area contributed by atoms with Crippen LogP contribution >= 0.6 is 11.8 Å². The van der Waals surface area contributed by atoms with Gasteiger partial charge in [-0.1, -0.05) is 13.0 Å². The first kappa shape index (κ1) is 34.0. The highest BCUT2D eigenvalue weighted by Gasteiger charge is 2.48. The zero-order chi connectivity index (χ0) is 33.8. The minimum atomic E-state index is -3.42. The van der Waals surface area contributed by atoms with Gasteiger partial charge in [-0.05, 0) is 73.7 Å². The van der Waals surface area contributed by atoms with E-state index in [0.29, 0.717) is 5.56 Å². The first-order chi connectivity index (χ1) is 21.7. The summed E-state index contributed by atoms with van der Waals surface area (Å²) >= 11 is 1.53. The SMILES string of the molecule is CCS(=O)(=O)c1ccc(C(=O)NC(=O)c2ccc3c(c2)C(=O)N(C2(C)CCC(=O)NC2=O)C3)cc1.CSc1ccc(C(=O)O)nc1. The molecule has 240 valence electrons. The van der Waals surface area contributed by atoms with E-state index in [4.69, 9.17) is 5.11 Å². The highest BCUT2D eigenvalue weighted by molar-refractivity contribution is 7.98. The van der Waals surface area contributed by atoms with Crippen LogP contribution < -0.4 is 10.6 Å². The standard InChI is InChI=1S/C24H23N3O7S.C7H7NO2S/c1-3-35(33,34)17-8-6-14(7-9-17)20(29)26-21(30)15-4-5-16-13-27(22(31)18(16)12-15)24(2)11-10-19(28)25-23(24)32;1-11-5-2-3-6(7(9)10)8-4-5/h4-9,12H,3,10-11,13H2,1-2H3,(H,25,28,32)(H,26,29,30);2-4H,1H3,(H,9,10). The molecule has 5 amide bonds. The van der Waals surface area contributed by atoms with Gasteiger partial charge >= 0.3 is 5.97 Å². The number of carbonyl (C=O) groups excluding carboxylic acids is 5. The molecule has 2 aliphatic heterocycles. The molecule has 1 fully saturated rings. The number of pyridine rings is 1. The smallest absolute Gasteiger partial charge is 0.354 e. The van der Waals surface area contributed by atoms with E-state index >= 15 is 0 Å². The zero-order valence-corrected chi connectivity index (χ0v) is 26.7. The minimum absolute atomic E-state index is 0.0749. The van der Waals surface area contributed by atoms with Crippen molar-refractivity contribution in [3.63, 3.8) is 0 Å². The average molecular weight is 667 g/mol. The molecular formula is C31H30N4O9S2. The number of aromatic nitrogens is 1. The van der Waals surface area contributed by atoms with E-state index in [2.05, 4.69) is 15.6 Å². The molecule has 2 aliphatic rings. The molecule has 13 nitrogen and oxygen atoms in total. The van der Waals surface area contributed by atoms with Gasteiger partial charge in [0.15, 0.2) is 9.84 Å². The monoisotopic (exact) mass is 666 g/mol. The number of carboxylic acid groups (broad SMARTS) is 1. The predicted molar refractivity (Wildman–Crippen MR) is 166 cm³/mol. The van der Waals surface area contributed by atoms with Gasteiger partial charge in [0, 0.05) is 40.7 Å². The molecule has 0 aliphatic carbocycles. The summed E-state index contributed by atoms with van der Waals surface area (Å²) in [7, 11) is -3.42. The van der Waals surface area contributed by atoms with Gasteiger partial charge < -0.3 is 10.0 Å². The van der Waals surface area contributed by atoms with E-state index in [1.807, 2.05) is 6.26 Å². The number of fused-ring (bicyclic) bond motifs is 1. The van der Waals surface area contributed by atoms with Crippen molar-refractivity contribution in [1.29, 1.82) is 0 Å². The van der Waals surface area contributed by atoms with E-state index < -0.39 is 45.0 Å². The van der Waals surface area contributed by atoms with Crippen LogP contribution in [0.4, 0.5) is 0 Å². The van der Waals surface area contributed by atoms with Gasteiger partial charge in [0.2, 0.25) is 5.91 Å². The van der Waals surface area contributed by atoms with Gasteiger partial charge in [0.25, 0.3) is 23.6 Å². The number of benzene rings is 2. The maximum Gasteiger partial charge on any atom is 0.354 e. The van der Waals surface area contributed by atoms with Crippen LogP contribution in [0.2, 0.25) is 0 Å². The number of hydrogen-bond acceptors (Lipinski definition) is 10. The predicted octanol–water partition coefficient (Wildman–Crippen LogP) is 2.70. The molecule has 5 rings (SSSR count). The maximum absolute atomic E-state index is 13.1. The van der Waals surface area contributed by atoms with Crippen LogP contribution in [0.1, 0.15) is 73.8 Å². The Balaban J connectivity index is 0.000000369. The van der Waals surface area contributed by atoms with Gasteiger partial charge in [0.1, 0.15) is 11.2 Å². The Labute approximate surface area is 268 Å². The largest absolute Gasteiger partial charge is 0.477 e. The van der Waals surface area contributed by atoms with Gasteiger partial charge in [0.05, 0.1) is 10.6 Å². The maximum atomic E-state index is 13.1. The lowest BCUT2D eigenvalue weighted by Crippen LogP contribution is -2.61. The van der Waals surface area contributed by atoms with Gasteiger partial charge in [-0.15, -0.1) is 11.8 Å². The highest BCUT2D eigenvalue weighted by atomic mass is 32.2. The Bertz CT molecular complexity index is 1840. The fourth-order valence-corrected chi connectivity index (χ4v) is 5.99. The van der Waals surface area contributed by atoms with Crippen LogP contribution in [0, 0.1) is 0 Å². The van der Waals surface area contributed by atoms with Crippen molar-refractivity contribution in [2.24, 2.45) is 0 Å². The molecule has 46 heavy (non-hydrogen) atoms. The van der Waals surface area contributed by atoms with Gasteiger partial charge in [-0.2, -0.15) is 0 Å². The number of aromatic carboxylic acids is 1. The molecule has 0 saturated carbocycles.